The summed E-state index contributed by atoms with van der Waals surface area (Å²) in [5, 5.41) is 50.8. The Bertz CT molecular complexity index is 947. The van der Waals surface area contributed by atoms with Crippen LogP contribution in [-0.4, -0.2) is 143 Å². The van der Waals surface area contributed by atoms with E-state index < -0.39 is 37.2 Å². The summed E-state index contributed by atoms with van der Waals surface area (Å²) in [6, 6.07) is 0. The maximum Gasteiger partial charge on any atom is 0.410 e. The van der Waals surface area contributed by atoms with E-state index in [1.54, 1.807) is 4.90 Å². The summed E-state index contributed by atoms with van der Waals surface area (Å²) in [6.45, 7) is 6.65. The van der Waals surface area contributed by atoms with E-state index >= 15 is 4.39 Å². The van der Waals surface area contributed by atoms with Gasteiger partial charge in [0.25, 0.3) is 0 Å². The highest BCUT2D eigenvalue weighted by Crippen LogP contribution is 2.55. The van der Waals surface area contributed by atoms with Gasteiger partial charge in [0.1, 0.15) is 24.5 Å². The molecule has 0 bridgehead atoms. The van der Waals surface area contributed by atoms with Crippen LogP contribution in [0.15, 0.2) is 0 Å². The molecule has 0 radical (unpaired) electrons. The summed E-state index contributed by atoms with van der Waals surface area (Å²) >= 11 is 0. The number of carbonyl (C=O) groups excluding carboxylic acids is 2. The second-order valence-corrected chi connectivity index (χ2v) is 14.2. The van der Waals surface area contributed by atoms with Crippen LogP contribution in [-0.2, 0) is 14.3 Å². The van der Waals surface area contributed by atoms with Gasteiger partial charge in [0.15, 0.2) is 0 Å². The van der Waals surface area contributed by atoms with Crippen molar-refractivity contribution in [1.29, 1.82) is 0 Å². The Kier molecular flexibility index (Phi) is 13.3. The van der Waals surface area contributed by atoms with Crippen LogP contribution < -0.4 is 5.32 Å². The number of piperidine rings is 1. The van der Waals surface area contributed by atoms with Crippen LogP contribution in [0.4, 0.5) is 9.18 Å². The first-order chi connectivity index (χ1) is 21.4. The highest BCUT2D eigenvalue weighted by molar-refractivity contribution is 5.77. The lowest BCUT2D eigenvalue weighted by atomic mass is 9.55. The van der Waals surface area contributed by atoms with Crippen LogP contribution in [0.3, 0.4) is 0 Å². The smallest absolute Gasteiger partial charge is 0.410 e. The van der Waals surface area contributed by atoms with E-state index in [0.717, 1.165) is 38.8 Å². The largest absolute Gasteiger partial charge is 0.447 e. The molecule has 2 saturated heterocycles. The predicted octanol–water partition coefficient (Wildman–Crippen LogP) is 0.811. The Morgan fingerprint density at radius 1 is 0.978 bits per heavy atom. The Hall–Kier alpha value is -1.61. The molecule has 4 rings (SSSR count). The number of likely N-dealkylation sites (tertiary alicyclic amines) is 2. The van der Waals surface area contributed by atoms with Crippen molar-refractivity contribution in [1.82, 2.24) is 15.1 Å². The number of ether oxygens (including phenoxy) is 2. The minimum absolute atomic E-state index is 0.0213. The molecule has 2 aliphatic heterocycles. The molecular formula is C32H56FN3O9. The summed E-state index contributed by atoms with van der Waals surface area (Å²) in [5.41, 5.74) is 0.295. The van der Waals surface area contributed by atoms with E-state index in [4.69, 9.17) is 14.6 Å². The summed E-state index contributed by atoms with van der Waals surface area (Å²) in [4.78, 5) is 28.6. The minimum Gasteiger partial charge on any atom is -0.447 e. The predicted molar refractivity (Wildman–Crippen MR) is 163 cm³/mol. The molecule has 6 N–H and O–H groups in total. The number of halogens is 1. The molecule has 2 heterocycles. The number of alkyl halides is 1. The zero-order chi connectivity index (χ0) is 32.7. The van der Waals surface area contributed by atoms with Gasteiger partial charge >= 0.3 is 6.09 Å². The fourth-order valence-electron chi connectivity index (χ4n) is 7.55. The molecule has 2 saturated carbocycles. The van der Waals surface area contributed by atoms with Gasteiger partial charge in [-0.2, -0.15) is 0 Å². The maximum absolute atomic E-state index is 15.1. The van der Waals surface area contributed by atoms with Crippen molar-refractivity contribution in [2.45, 2.75) is 114 Å². The van der Waals surface area contributed by atoms with Gasteiger partial charge in [-0.3, -0.25) is 4.79 Å². The van der Waals surface area contributed by atoms with E-state index in [1.165, 1.54) is 12.8 Å². The Balaban J connectivity index is 1.06. The van der Waals surface area contributed by atoms with E-state index in [0.29, 0.717) is 50.4 Å². The molecule has 13 heteroatoms. The molecule has 2 amide bonds. The number of amides is 2. The number of aliphatic hydroxyl groups is 5. The van der Waals surface area contributed by atoms with Crippen LogP contribution in [0, 0.1) is 23.2 Å². The summed E-state index contributed by atoms with van der Waals surface area (Å²) in [7, 11) is 0. The first kappa shape index (κ1) is 36.2. The van der Waals surface area contributed by atoms with Crippen molar-refractivity contribution in [2.75, 3.05) is 52.5 Å². The van der Waals surface area contributed by atoms with Crippen molar-refractivity contribution in [2.24, 2.45) is 23.2 Å². The van der Waals surface area contributed by atoms with E-state index in [9.17, 15) is 30.0 Å². The van der Waals surface area contributed by atoms with Crippen molar-refractivity contribution in [3.8, 4) is 0 Å². The monoisotopic (exact) mass is 645 g/mol. The zero-order valence-corrected chi connectivity index (χ0v) is 26.9. The number of hydrogen-bond acceptors (Lipinski definition) is 10. The Morgan fingerprint density at radius 3 is 2.27 bits per heavy atom. The second kappa shape index (κ2) is 16.5. The van der Waals surface area contributed by atoms with Gasteiger partial charge in [-0.15, -0.1) is 0 Å². The van der Waals surface area contributed by atoms with Gasteiger partial charge in [-0.05, 0) is 76.0 Å². The number of carbonyl (C=O) groups is 2. The van der Waals surface area contributed by atoms with Crippen molar-refractivity contribution in [3.05, 3.63) is 0 Å². The van der Waals surface area contributed by atoms with Crippen LogP contribution >= 0.6 is 0 Å². The lowest BCUT2D eigenvalue weighted by molar-refractivity contribution is -0.140. The standard InChI is InChI=1S/C32H56FN3O9/c1-20(2)45-31(43)35-10-8-32(9-11-35)7-5-23(32)6-12-44-24-4-3-22(25(33)14-24)13-28(40)36-17-21(18-36)15-34-16-26(38)29(41)30(42)27(39)19-37/h20-27,29-30,34,37-39,41-42H,3-19H2,1-2H3/t22?,23?,24?,25?,26-,27+,29+,30+/m0/s1. The van der Waals surface area contributed by atoms with Gasteiger partial charge in [-0.25, -0.2) is 9.18 Å². The molecule has 12 nitrogen and oxygen atoms in total. The Morgan fingerprint density at radius 2 is 1.67 bits per heavy atom. The van der Waals surface area contributed by atoms with Crippen molar-refractivity contribution < 1.29 is 49.0 Å². The number of nitrogens with zero attached hydrogens (tertiary/aromatic N) is 2. The third-order valence-corrected chi connectivity index (χ3v) is 10.7. The molecule has 8 atom stereocenters. The SMILES string of the molecule is CC(C)OC(=O)N1CCC2(CCC2CCOC2CCC(CC(=O)N3CC(CNC[C@H](O)[C@@H](O)[C@H](O)[C@H](O)CO)C3)C(F)C2)CC1. The number of rotatable bonds is 15. The molecule has 4 unspecified atom stereocenters. The molecule has 45 heavy (non-hydrogen) atoms. The molecule has 4 aliphatic rings. The Labute approximate surface area is 266 Å². The van der Waals surface area contributed by atoms with E-state index in [-0.39, 0.29) is 49.0 Å². The summed E-state index contributed by atoms with van der Waals surface area (Å²) in [6.07, 6.45) is -0.418. The average Bonchev–Trinajstić information content (AvgIpc) is 2.99. The first-order valence-electron chi connectivity index (χ1n) is 16.9. The normalized spacial score (nSPS) is 29.5. The van der Waals surface area contributed by atoms with Crippen LogP contribution in [0.1, 0.15) is 71.6 Å². The van der Waals surface area contributed by atoms with Gasteiger partial charge < -0.3 is 50.1 Å². The number of nitrogens with one attached hydrogen (secondary N) is 1. The summed E-state index contributed by atoms with van der Waals surface area (Å²) in [5.74, 6) is 0.408. The van der Waals surface area contributed by atoms with E-state index in [1.807, 2.05) is 18.7 Å². The van der Waals surface area contributed by atoms with Crippen LogP contribution in [0.25, 0.3) is 0 Å². The maximum atomic E-state index is 15.1. The molecule has 0 aromatic heterocycles. The van der Waals surface area contributed by atoms with E-state index in [2.05, 4.69) is 5.32 Å². The lowest BCUT2D eigenvalue weighted by Crippen LogP contribution is -2.55. The van der Waals surface area contributed by atoms with Crippen molar-refractivity contribution in [3.63, 3.8) is 0 Å². The van der Waals surface area contributed by atoms with Crippen LogP contribution in [0.2, 0.25) is 0 Å². The molecule has 1 spiro atoms. The number of hydrogen-bond donors (Lipinski definition) is 6. The fraction of sp³-hybridized carbons (Fsp3) is 0.938. The molecular weight excluding hydrogens is 589 g/mol. The van der Waals surface area contributed by atoms with Crippen molar-refractivity contribution >= 4 is 12.0 Å². The topological polar surface area (TPSA) is 172 Å². The zero-order valence-electron chi connectivity index (χ0n) is 26.9. The average molecular weight is 646 g/mol. The number of aliphatic hydroxyl groups excluding tert-OH is 5. The van der Waals surface area contributed by atoms with Gasteiger partial charge in [0, 0.05) is 64.6 Å². The lowest BCUT2D eigenvalue weighted by Gasteiger charge is -2.54. The second-order valence-electron chi connectivity index (χ2n) is 14.2. The van der Waals surface area contributed by atoms with Crippen LogP contribution in [0.5, 0.6) is 0 Å². The fourth-order valence-corrected chi connectivity index (χ4v) is 7.55. The summed E-state index contributed by atoms with van der Waals surface area (Å²) < 4.78 is 26.6. The molecule has 0 aromatic carbocycles. The minimum atomic E-state index is -1.66. The molecule has 0 aromatic rings. The highest BCUT2D eigenvalue weighted by atomic mass is 19.1. The first-order valence-corrected chi connectivity index (χ1v) is 16.9. The van der Waals surface area contributed by atoms with Gasteiger partial charge in [0.05, 0.1) is 24.9 Å². The molecule has 260 valence electrons. The quantitative estimate of drug-likeness (QED) is 0.150. The molecule has 2 aliphatic carbocycles. The highest BCUT2D eigenvalue weighted by Gasteiger charge is 2.48. The third kappa shape index (κ3) is 9.48. The third-order valence-electron chi connectivity index (χ3n) is 10.7. The van der Waals surface area contributed by atoms with Gasteiger partial charge in [0.2, 0.25) is 5.91 Å². The molecule has 4 fully saturated rings. The van der Waals surface area contributed by atoms with Gasteiger partial charge in [-0.1, -0.05) is 0 Å².